The molecular weight excluding hydrogens is 287 g/mol. The number of halogens is 4. The van der Waals surface area contributed by atoms with Gasteiger partial charge in [0, 0.05) is 0 Å². The van der Waals surface area contributed by atoms with E-state index < -0.39 is 23.3 Å². The number of aromatic carboxylic acids is 1. The van der Waals surface area contributed by atoms with Crippen LogP contribution in [0.3, 0.4) is 0 Å². The van der Waals surface area contributed by atoms with E-state index in [0.717, 1.165) is 0 Å². The van der Waals surface area contributed by atoms with Crippen molar-refractivity contribution in [2.75, 3.05) is 5.73 Å². The first-order valence-electron chi connectivity index (χ1n) is 3.13. The number of carbonyl (C=O) groups is 1. The standard InChI is InChI=1S/C6H3BrF3NO2S/c7-3-2(6(8,9)10)1(5(12)13)4(11)14-3/h11H2,(H,12,13). The average Bonchev–Trinajstić information content (AvgIpc) is 2.23. The first kappa shape index (κ1) is 11.3. The number of anilines is 1. The molecule has 1 aromatic heterocycles. The van der Waals surface area contributed by atoms with Gasteiger partial charge in [0.1, 0.15) is 10.6 Å². The Morgan fingerprint density at radius 3 is 2.29 bits per heavy atom. The van der Waals surface area contributed by atoms with Gasteiger partial charge in [-0.2, -0.15) is 13.2 Å². The Hall–Kier alpha value is -0.760. The predicted molar refractivity (Wildman–Crippen MR) is 48.4 cm³/mol. The molecule has 0 unspecified atom stereocenters. The van der Waals surface area contributed by atoms with E-state index in [1.54, 1.807) is 0 Å². The zero-order chi connectivity index (χ0) is 11.1. The molecule has 14 heavy (non-hydrogen) atoms. The molecular formula is C6H3BrF3NO2S. The van der Waals surface area contributed by atoms with E-state index in [0.29, 0.717) is 11.3 Å². The fourth-order valence-corrected chi connectivity index (χ4v) is 2.64. The molecule has 1 aromatic rings. The number of alkyl halides is 3. The maximum absolute atomic E-state index is 12.3. The Balaban J connectivity index is 3.48. The average molecular weight is 290 g/mol. The largest absolute Gasteiger partial charge is 0.478 e. The Kier molecular flexibility index (Phi) is 2.77. The van der Waals surface area contributed by atoms with E-state index >= 15 is 0 Å². The van der Waals surface area contributed by atoms with Gasteiger partial charge in [-0.25, -0.2) is 4.79 Å². The molecule has 0 saturated heterocycles. The quantitative estimate of drug-likeness (QED) is 0.836. The van der Waals surface area contributed by atoms with Crippen LogP contribution in [-0.4, -0.2) is 11.1 Å². The van der Waals surface area contributed by atoms with Gasteiger partial charge in [0.15, 0.2) is 0 Å². The summed E-state index contributed by atoms with van der Waals surface area (Å²) < 4.78 is 36.7. The van der Waals surface area contributed by atoms with Crippen LogP contribution < -0.4 is 5.73 Å². The van der Waals surface area contributed by atoms with E-state index in [2.05, 4.69) is 15.9 Å². The van der Waals surface area contributed by atoms with Gasteiger partial charge in [0.2, 0.25) is 0 Å². The third-order valence-electron chi connectivity index (χ3n) is 1.39. The minimum absolute atomic E-state index is 0.320. The zero-order valence-corrected chi connectivity index (χ0v) is 8.76. The van der Waals surface area contributed by atoms with E-state index in [9.17, 15) is 18.0 Å². The molecule has 3 N–H and O–H groups in total. The highest BCUT2D eigenvalue weighted by Crippen LogP contribution is 2.44. The highest BCUT2D eigenvalue weighted by Gasteiger charge is 2.40. The lowest BCUT2D eigenvalue weighted by molar-refractivity contribution is -0.138. The summed E-state index contributed by atoms with van der Waals surface area (Å²) in [6, 6.07) is 0. The highest BCUT2D eigenvalue weighted by molar-refractivity contribution is 9.11. The number of thiophene rings is 1. The summed E-state index contributed by atoms with van der Waals surface area (Å²) in [6.07, 6.45) is -4.72. The van der Waals surface area contributed by atoms with Crippen molar-refractivity contribution in [1.29, 1.82) is 0 Å². The Labute approximate surface area is 88.5 Å². The number of rotatable bonds is 1. The molecule has 1 rings (SSSR count). The molecule has 3 nitrogen and oxygen atoms in total. The van der Waals surface area contributed by atoms with Crippen LogP contribution in [0.5, 0.6) is 0 Å². The SMILES string of the molecule is Nc1sc(Br)c(C(F)(F)F)c1C(=O)O. The Morgan fingerprint density at radius 2 is 2.00 bits per heavy atom. The normalized spacial score (nSPS) is 11.7. The number of nitrogens with two attached hydrogens (primary N) is 1. The van der Waals surface area contributed by atoms with E-state index in [-0.39, 0.29) is 8.79 Å². The van der Waals surface area contributed by atoms with E-state index in [1.165, 1.54) is 0 Å². The van der Waals surface area contributed by atoms with Gasteiger partial charge in [0.25, 0.3) is 0 Å². The molecule has 0 aliphatic heterocycles. The van der Waals surface area contributed by atoms with Gasteiger partial charge >= 0.3 is 12.1 Å². The molecule has 0 atom stereocenters. The third-order valence-corrected chi connectivity index (χ3v) is 3.08. The van der Waals surface area contributed by atoms with Gasteiger partial charge in [-0.1, -0.05) is 0 Å². The first-order chi connectivity index (χ1) is 6.25. The highest BCUT2D eigenvalue weighted by atomic mass is 79.9. The van der Waals surface area contributed by atoms with Crippen LogP contribution >= 0.6 is 27.3 Å². The fraction of sp³-hybridized carbons (Fsp3) is 0.167. The number of nitrogen functional groups attached to an aromatic ring is 1. The monoisotopic (exact) mass is 289 g/mol. The lowest BCUT2D eigenvalue weighted by atomic mass is 10.2. The Morgan fingerprint density at radius 1 is 1.50 bits per heavy atom. The summed E-state index contributed by atoms with van der Waals surface area (Å²) >= 11 is 3.17. The van der Waals surface area contributed by atoms with Gasteiger partial charge in [-0.05, 0) is 15.9 Å². The van der Waals surface area contributed by atoms with Crippen LogP contribution in [0, 0.1) is 0 Å². The molecule has 0 radical (unpaired) electrons. The summed E-state index contributed by atoms with van der Waals surface area (Å²) in [5, 5.41) is 8.16. The summed E-state index contributed by atoms with van der Waals surface area (Å²) in [6.45, 7) is 0. The molecule has 8 heteroatoms. The number of hydrogen-bond donors (Lipinski definition) is 2. The van der Waals surface area contributed by atoms with Crippen molar-refractivity contribution in [2.24, 2.45) is 0 Å². The second-order valence-electron chi connectivity index (χ2n) is 2.29. The van der Waals surface area contributed by atoms with Crippen molar-refractivity contribution >= 4 is 38.2 Å². The van der Waals surface area contributed by atoms with Crippen LogP contribution in [0.15, 0.2) is 3.79 Å². The van der Waals surface area contributed by atoms with Crippen LogP contribution in [0.2, 0.25) is 0 Å². The maximum atomic E-state index is 12.3. The number of carboxylic acids is 1. The van der Waals surface area contributed by atoms with Gasteiger partial charge < -0.3 is 10.8 Å². The minimum Gasteiger partial charge on any atom is -0.478 e. The molecule has 78 valence electrons. The van der Waals surface area contributed by atoms with Gasteiger partial charge in [-0.3, -0.25) is 0 Å². The molecule has 0 saturated carbocycles. The molecule has 0 aliphatic rings. The van der Waals surface area contributed by atoms with Crippen molar-refractivity contribution in [3.05, 3.63) is 14.9 Å². The van der Waals surface area contributed by atoms with Crippen LogP contribution in [0.4, 0.5) is 18.2 Å². The fourth-order valence-electron chi connectivity index (χ4n) is 0.886. The van der Waals surface area contributed by atoms with E-state index in [4.69, 9.17) is 10.8 Å². The van der Waals surface area contributed by atoms with Crippen molar-refractivity contribution in [3.8, 4) is 0 Å². The van der Waals surface area contributed by atoms with Crippen LogP contribution in [-0.2, 0) is 6.18 Å². The summed E-state index contributed by atoms with van der Waals surface area (Å²) in [5.74, 6) is -1.68. The van der Waals surface area contributed by atoms with Crippen molar-refractivity contribution < 1.29 is 23.1 Å². The first-order valence-corrected chi connectivity index (χ1v) is 4.74. The van der Waals surface area contributed by atoms with Crippen LogP contribution in [0.1, 0.15) is 15.9 Å². The van der Waals surface area contributed by atoms with Crippen molar-refractivity contribution in [3.63, 3.8) is 0 Å². The summed E-state index contributed by atoms with van der Waals surface area (Å²) in [7, 11) is 0. The maximum Gasteiger partial charge on any atom is 0.419 e. The molecule has 0 amide bonds. The smallest absolute Gasteiger partial charge is 0.419 e. The zero-order valence-electron chi connectivity index (χ0n) is 6.35. The molecule has 0 spiro atoms. The number of carboxylic acid groups (broad SMARTS) is 1. The summed E-state index contributed by atoms with van der Waals surface area (Å²) in [5.41, 5.74) is 3.02. The molecule has 0 fully saturated rings. The number of hydrogen-bond acceptors (Lipinski definition) is 3. The lowest BCUT2D eigenvalue weighted by Crippen LogP contribution is -2.12. The minimum atomic E-state index is -4.72. The van der Waals surface area contributed by atoms with Gasteiger partial charge in [0.05, 0.1) is 9.35 Å². The third kappa shape index (κ3) is 1.85. The topological polar surface area (TPSA) is 63.3 Å². The second kappa shape index (κ2) is 3.43. The molecule has 1 heterocycles. The van der Waals surface area contributed by atoms with Gasteiger partial charge in [-0.15, -0.1) is 11.3 Å². The lowest BCUT2D eigenvalue weighted by Gasteiger charge is -2.06. The van der Waals surface area contributed by atoms with Crippen LogP contribution in [0.25, 0.3) is 0 Å². The second-order valence-corrected chi connectivity index (χ2v) is 4.66. The predicted octanol–water partition coefficient (Wildman–Crippen LogP) is 2.81. The molecule has 0 bridgehead atoms. The molecule has 0 aromatic carbocycles. The van der Waals surface area contributed by atoms with Crippen molar-refractivity contribution in [2.45, 2.75) is 6.18 Å². The Bertz CT molecular complexity index is 387. The van der Waals surface area contributed by atoms with Crippen molar-refractivity contribution in [1.82, 2.24) is 0 Å². The summed E-state index contributed by atoms with van der Waals surface area (Å²) in [4.78, 5) is 10.5. The molecule has 0 aliphatic carbocycles. The van der Waals surface area contributed by atoms with E-state index in [1.807, 2.05) is 0 Å².